The van der Waals surface area contributed by atoms with Crippen molar-refractivity contribution in [3.63, 3.8) is 0 Å². The lowest BCUT2D eigenvalue weighted by Gasteiger charge is -2.10. The van der Waals surface area contributed by atoms with Crippen molar-refractivity contribution in [3.8, 4) is 0 Å². The zero-order valence-electron chi connectivity index (χ0n) is 8.32. The minimum Gasteiger partial charge on any atom is -0.394 e. The van der Waals surface area contributed by atoms with Crippen molar-refractivity contribution in [2.75, 3.05) is 6.61 Å². The van der Waals surface area contributed by atoms with Crippen LogP contribution in [0.5, 0.6) is 0 Å². The zero-order valence-corrected chi connectivity index (χ0v) is 8.32. The van der Waals surface area contributed by atoms with Crippen molar-refractivity contribution in [1.82, 2.24) is 10.3 Å². The minimum atomic E-state index is -0.233. The van der Waals surface area contributed by atoms with Gasteiger partial charge in [-0.3, -0.25) is 9.78 Å². The van der Waals surface area contributed by atoms with E-state index in [2.05, 4.69) is 10.3 Å². The van der Waals surface area contributed by atoms with Gasteiger partial charge in [-0.2, -0.15) is 0 Å². The highest BCUT2D eigenvalue weighted by molar-refractivity contribution is 5.94. The highest BCUT2D eigenvalue weighted by Gasteiger charge is 2.08. The maximum Gasteiger partial charge on any atom is 0.253 e. The number of aryl methyl sites for hydroxylation is 1. The monoisotopic (exact) mass is 194 g/mol. The summed E-state index contributed by atoms with van der Waals surface area (Å²) in [7, 11) is 0. The van der Waals surface area contributed by atoms with Gasteiger partial charge >= 0.3 is 0 Å². The van der Waals surface area contributed by atoms with Crippen LogP contribution in [0.15, 0.2) is 18.3 Å². The first-order valence-corrected chi connectivity index (χ1v) is 4.48. The van der Waals surface area contributed by atoms with E-state index in [1.165, 1.54) is 6.20 Å². The molecule has 1 amide bonds. The predicted molar refractivity (Wildman–Crippen MR) is 53.0 cm³/mol. The summed E-state index contributed by atoms with van der Waals surface area (Å²) < 4.78 is 0. The molecule has 1 heterocycles. The smallest absolute Gasteiger partial charge is 0.253 e. The first-order chi connectivity index (χ1) is 6.63. The van der Waals surface area contributed by atoms with Crippen LogP contribution in [0.3, 0.4) is 0 Å². The molecule has 0 fully saturated rings. The molecule has 1 aromatic heterocycles. The van der Waals surface area contributed by atoms with E-state index in [9.17, 15) is 4.79 Å². The molecule has 4 nitrogen and oxygen atoms in total. The molecular weight excluding hydrogens is 180 g/mol. The number of aliphatic hydroxyl groups excluding tert-OH is 1. The van der Waals surface area contributed by atoms with Crippen LogP contribution in [-0.4, -0.2) is 28.6 Å². The lowest BCUT2D eigenvalue weighted by molar-refractivity contribution is 0.0922. The van der Waals surface area contributed by atoms with E-state index in [0.717, 1.165) is 5.69 Å². The Kier molecular flexibility index (Phi) is 3.59. The van der Waals surface area contributed by atoms with Gasteiger partial charge in [0.05, 0.1) is 12.2 Å². The van der Waals surface area contributed by atoms with Gasteiger partial charge in [0.1, 0.15) is 0 Å². The van der Waals surface area contributed by atoms with Crippen LogP contribution in [-0.2, 0) is 0 Å². The Hall–Kier alpha value is -1.42. The summed E-state index contributed by atoms with van der Waals surface area (Å²) in [5.74, 6) is -0.209. The van der Waals surface area contributed by atoms with Gasteiger partial charge in [-0.15, -0.1) is 0 Å². The van der Waals surface area contributed by atoms with Gasteiger partial charge < -0.3 is 10.4 Å². The molecule has 1 rings (SSSR count). The highest BCUT2D eigenvalue weighted by Crippen LogP contribution is 1.99. The molecule has 0 bridgehead atoms. The van der Waals surface area contributed by atoms with Crippen LogP contribution in [0.25, 0.3) is 0 Å². The van der Waals surface area contributed by atoms with Crippen LogP contribution in [0.1, 0.15) is 23.0 Å². The number of pyridine rings is 1. The first kappa shape index (κ1) is 10.7. The van der Waals surface area contributed by atoms with Crippen molar-refractivity contribution < 1.29 is 9.90 Å². The predicted octanol–water partition coefficient (Wildman–Crippen LogP) is 0.501. The van der Waals surface area contributed by atoms with Crippen molar-refractivity contribution >= 4 is 5.91 Å². The summed E-state index contributed by atoms with van der Waals surface area (Å²) in [6, 6.07) is 3.25. The van der Waals surface area contributed by atoms with E-state index < -0.39 is 0 Å². The minimum absolute atomic E-state index is 0.0645. The molecule has 1 atom stereocenters. The number of aliphatic hydroxyl groups is 1. The maximum absolute atomic E-state index is 11.5. The Labute approximate surface area is 83.0 Å². The fourth-order valence-corrected chi connectivity index (χ4v) is 0.955. The molecule has 0 saturated carbocycles. The van der Waals surface area contributed by atoms with Crippen molar-refractivity contribution in [2.24, 2.45) is 0 Å². The fraction of sp³-hybridized carbons (Fsp3) is 0.400. The van der Waals surface area contributed by atoms with E-state index in [4.69, 9.17) is 5.11 Å². The molecule has 0 saturated heterocycles. The molecule has 0 aromatic carbocycles. The highest BCUT2D eigenvalue weighted by atomic mass is 16.3. The molecule has 0 spiro atoms. The third-order valence-electron chi connectivity index (χ3n) is 1.82. The average molecular weight is 194 g/mol. The zero-order chi connectivity index (χ0) is 10.6. The Bertz CT molecular complexity index is 308. The number of carbonyl (C=O) groups is 1. The molecule has 0 aliphatic carbocycles. The lowest BCUT2D eigenvalue weighted by Crippen LogP contribution is -2.35. The second-order valence-corrected chi connectivity index (χ2v) is 3.25. The second-order valence-electron chi connectivity index (χ2n) is 3.25. The van der Waals surface area contributed by atoms with Crippen LogP contribution in [0, 0.1) is 6.92 Å². The SMILES string of the molecule is Cc1ccc(C(=O)N[C@@H](C)CO)cn1. The molecule has 0 aliphatic heterocycles. The van der Waals surface area contributed by atoms with E-state index >= 15 is 0 Å². The van der Waals surface area contributed by atoms with Gasteiger partial charge in [-0.05, 0) is 26.0 Å². The molecule has 14 heavy (non-hydrogen) atoms. The summed E-state index contributed by atoms with van der Waals surface area (Å²) in [5.41, 5.74) is 1.38. The number of carbonyl (C=O) groups excluding carboxylic acids is 1. The standard InChI is InChI=1S/C10H14N2O2/c1-7-3-4-9(5-11-7)10(14)12-8(2)6-13/h3-5,8,13H,6H2,1-2H3,(H,12,14)/t8-/m0/s1. The number of nitrogens with one attached hydrogen (secondary N) is 1. The van der Waals surface area contributed by atoms with Crippen LogP contribution in [0.4, 0.5) is 0 Å². The third kappa shape index (κ3) is 2.81. The van der Waals surface area contributed by atoms with Crippen LogP contribution >= 0.6 is 0 Å². The Balaban J connectivity index is 2.65. The second kappa shape index (κ2) is 4.72. The molecule has 0 unspecified atom stereocenters. The summed E-state index contributed by atoms with van der Waals surface area (Å²) in [5, 5.41) is 11.4. The molecule has 76 valence electrons. The lowest BCUT2D eigenvalue weighted by atomic mass is 10.2. The van der Waals surface area contributed by atoms with Gasteiger partial charge in [-0.1, -0.05) is 0 Å². The van der Waals surface area contributed by atoms with E-state index in [-0.39, 0.29) is 18.6 Å². The third-order valence-corrected chi connectivity index (χ3v) is 1.82. The molecule has 4 heteroatoms. The van der Waals surface area contributed by atoms with Crippen molar-refractivity contribution in [2.45, 2.75) is 19.9 Å². The van der Waals surface area contributed by atoms with Crippen molar-refractivity contribution in [3.05, 3.63) is 29.6 Å². The molecule has 1 aromatic rings. The number of aromatic nitrogens is 1. The largest absolute Gasteiger partial charge is 0.394 e. The van der Waals surface area contributed by atoms with Gasteiger partial charge in [0.2, 0.25) is 0 Å². The van der Waals surface area contributed by atoms with E-state index in [1.807, 2.05) is 6.92 Å². The molecule has 0 aliphatic rings. The normalized spacial score (nSPS) is 12.2. The Morgan fingerprint density at radius 3 is 2.86 bits per heavy atom. The summed E-state index contributed by atoms with van der Waals surface area (Å²) >= 11 is 0. The Morgan fingerprint density at radius 2 is 2.36 bits per heavy atom. The summed E-state index contributed by atoms with van der Waals surface area (Å²) in [6.45, 7) is 3.53. The van der Waals surface area contributed by atoms with Gasteiger partial charge in [0.15, 0.2) is 0 Å². The van der Waals surface area contributed by atoms with Gasteiger partial charge in [-0.25, -0.2) is 0 Å². The van der Waals surface area contributed by atoms with Crippen molar-refractivity contribution in [1.29, 1.82) is 0 Å². The number of hydrogen-bond acceptors (Lipinski definition) is 3. The molecule has 2 N–H and O–H groups in total. The van der Waals surface area contributed by atoms with E-state index in [0.29, 0.717) is 5.56 Å². The maximum atomic E-state index is 11.5. The fourth-order valence-electron chi connectivity index (χ4n) is 0.955. The molecule has 0 radical (unpaired) electrons. The van der Waals surface area contributed by atoms with Crippen LogP contribution in [0.2, 0.25) is 0 Å². The quantitative estimate of drug-likeness (QED) is 0.736. The number of hydrogen-bond donors (Lipinski definition) is 2. The van der Waals surface area contributed by atoms with Gasteiger partial charge in [0.25, 0.3) is 5.91 Å². The Morgan fingerprint density at radius 1 is 1.64 bits per heavy atom. The summed E-state index contributed by atoms with van der Waals surface area (Å²) in [6.07, 6.45) is 1.52. The number of nitrogens with zero attached hydrogens (tertiary/aromatic N) is 1. The van der Waals surface area contributed by atoms with Gasteiger partial charge in [0, 0.05) is 17.9 Å². The number of rotatable bonds is 3. The first-order valence-electron chi connectivity index (χ1n) is 4.48. The topological polar surface area (TPSA) is 62.2 Å². The summed E-state index contributed by atoms with van der Waals surface area (Å²) in [4.78, 5) is 15.5. The average Bonchev–Trinajstić information content (AvgIpc) is 2.18. The van der Waals surface area contributed by atoms with Crippen LogP contribution < -0.4 is 5.32 Å². The number of amides is 1. The molecular formula is C10H14N2O2. The van der Waals surface area contributed by atoms with E-state index in [1.54, 1.807) is 19.1 Å².